The first-order chi connectivity index (χ1) is 11.2. The lowest BCUT2D eigenvalue weighted by Gasteiger charge is -2.45. The summed E-state index contributed by atoms with van der Waals surface area (Å²) in [5, 5.41) is 2.77. The molecule has 23 heavy (non-hydrogen) atoms. The molecular weight excluding hydrogens is 292 g/mol. The predicted octanol–water partition coefficient (Wildman–Crippen LogP) is 1.65. The molecule has 1 unspecified atom stereocenters. The second-order valence-corrected chi connectivity index (χ2v) is 6.88. The standard InChI is InChI=1S/C18H22N2O3/c21-16-6-5-14(19-16)17(22)20-11-9-18(10-12-20)8-7-13-3-1-2-4-15(13)23-18/h1-4,14H,5-12H2,(H,19,21). The van der Waals surface area contributed by atoms with Crippen LogP contribution in [-0.2, 0) is 16.0 Å². The number of fused-ring (bicyclic) bond motifs is 1. The fourth-order valence-corrected chi connectivity index (χ4v) is 3.96. The molecule has 3 aliphatic heterocycles. The fraction of sp³-hybridized carbons (Fsp3) is 0.556. The van der Waals surface area contributed by atoms with E-state index in [9.17, 15) is 9.59 Å². The lowest BCUT2D eigenvalue weighted by Crippen LogP contribution is -2.54. The third-order valence-corrected chi connectivity index (χ3v) is 5.43. The van der Waals surface area contributed by atoms with Gasteiger partial charge in [0.25, 0.3) is 0 Å². The molecule has 1 atom stereocenters. The maximum Gasteiger partial charge on any atom is 0.245 e. The van der Waals surface area contributed by atoms with E-state index in [4.69, 9.17) is 4.74 Å². The molecule has 2 saturated heterocycles. The van der Waals surface area contributed by atoms with Gasteiger partial charge in [-0.05, 0) is 30.9 Å². The highest BCUT2D eigenvalue weighted by atomic mass is 16.5. The Morgan fingerprint density at radius 1 is 1.17 bits per heavy atom. The van der Waals surface area contributed by atoms with Crippen molar-refractivity contribution in [2.24, 2.45) is 0 Å². The van der Waals surface area contributed by atoms with Gasteiger partial charge in [0.05, 0.1) is 0 Å². The van der Waals surface area contributed by atoms with Crippen molar-refractivity contribution in [3.8, 4) is 5.75 Å². The van der Waals surface area contributed by atoms with Crippen LogP contribution in [0.4, 0.5) is 0 Å². The maximum absolute atomic E-state index is 12.5. The zero-order chi connectivity index (χ0) is 15.9. The van der Waals surface area contributed by atoms with Crippen LogP contribution in [0.25, 0.3) is 0 Å². The van der Waals surface area contributed by atoms with Gasteiger partial charge in [0.2, 0.25) is 11.8 Å². The van der Waals surface area contributed by atoms with Crippen molar-refractivity contribution < 1.29 is 14.3 Å². The number of likely N-dealkylation sites (tertiary alicyclic amines) is 1. The summed E-state index contributed by atoms with van der Waals surface area (Å²) in [5.74, 6) is 1.06. The molecular formula is C18H22N2O3. The van der Waals surface area contributed by atoms with Crippen LogP contribution in [0, 0.1) is 0 Å². The molecule has 1 N–H and O–H groups in total. The molecule has 2 fully saturated rings. The van der Waals surface area contributed by atoms with Crippen LogP contribution in [-0.4, -0.2) is 41.4 Å². The van der Waals surface area contributed by atoms with Crippen molar-refractivity contribution in [2.75, 3.05) is 13.1 Å². The zero-order valence-electron chi connectivity index (χ0n) is 13.2. The molecule has 0 saturated carbocycles. The Bertz CT molecular complexity index is 635. The van der Waals surface area contributed by atoms with E-state index in [0.717, 1.165) is 31.4 Å². The highest BCUT2D eigenvalue weighted by molar-refractivity contribution is 5.90. The number of aryl methyl sites for hydroxylation is 1. The average Bonchev–Trinajstić information content (AvgIpc) is 3.01. The Balaban J connectivity index is 1.40. The highest BCUT2D eigenvalue weighted by Gasteiger charge is 2.41. The van der Waals surface area contributed by atoms with E-state index in [1.54, 1.807) is 0 Å². The first-order valence-corrected chi connectivity index (χ1v) is 8.50. The third-order valence-electron chi connectivity index (χ3n) is 5.43. The number of hydrogen-bond donors (Lipinski definition) is 1. The van der Waals surface area contributed by atoms with Gasteiger partial charge in [0, 0.05) is 32.4 Å². The van der Waals surface area contributed by atoms with Gasteiger partial charge in [-0.2, -0.15) is 0 Å². The summed E-state index contributed by atoms with van der Waals surface area (Å²) >= 11 is 0. The predicted molar refractivity (Wildman–Crippen MR) is 85.1 cm³/mol. The van der Waals surface area contributed by atoms with E-state index < -0.39 is 0 Å². The molecule has 4 rings (SSSR count). The summed E-state index contributed by atoms with van der Waals surface area (Å²) < 4.78 is 6.32. The number of nitrogens with one attached hydrogen (secondary N) is 1. The van der Waals surface area contributed by atoms with Crippen LogP contribution in [0.5, 0.6) is 5.75 Å². The monoisotopic (exact) mass is 314 g/mol. The second-order valence-electron chi connectivity index (χ2n) is 6.88. The van der Waals surface area contributed by atoms with Gasteiger partial charge in [-0.1, -0.05) is 18.2 Å². The van der Waals surface area contributed by atoms with Crippen LogP contribution >= 0.6 is 0 Å². The van der Waals surface area contributed by atoms with Gasteiger partial charge in [-0.3, -0.25) is 9.59 Å². The molecule has 0 radical (unpaired) electrons. The van der Waals surface area contributed by atoms with E-state index in [-0.39, 0.29) is 23.5 Å². The van der Waals surface area contributed by atoms with E-state index in [0.29, 0.717) is 25.9 Å². The number of para-hydroxylation sites is 1. The summed E-state index contributed by atoms with van der Waals surface area (Å²) in [7, 11) is 0. The molecule has 0 aromatic heterocycles. The van der Waals surface area contributed by atoms with Crippen molar-refractivity contribution in [1.82, 2.24) is 10.2 Å². The van der Waals surface area contributed by atoms with E-state index in [2.05, 4.69) is 17.4 Å². The Labute approximate surface area is 136 Å². The molecule has 3 heterocycles. The molecule has 2 amide bonds. The van der Waals surface area contributed by atoms with Crippen molar-refractivity contribution in [3.05, 3.63) is 29.8 Å². The van der Waals surface area contributed by atoms with Crippen molar-refractivity contribution in [1.29, 1.82) is 0 Å². The largest absolute Gasteiger partial charge is 0.487 e. The zero-order valence-corrected chi connectivity index (χ0v) is 13.2. The summed E-state index contributed by atoms with van der Waals surface area (Å²) in [6, 6.07) is 7.92. The fourth-order valence-electron chi connectivity index (χ4n) is 3.96. The van der Waals surface area contributed by atoms with Crippen LogP contribution in [0.15, 0.2) is 24.3 Å². The Hall–Kier alpha value is -2.04. The summed E-state index contributed by atoms with van der Waals surface area (Å²) in [4.78, 5) is 25.7. The number of nitrogens with zero attached hydrogens (tertiary/aromatic N) is 1. The number of carbonyl (C=O) groups excluding carboxylic acids is 2. The quantitative estimate of drug-likeness (QED) is 0.857. The van der Waals surface area contributed by atoms with Crippen molar-refractivity contribution in [3.63, 3.8) is 0 Å². The average molecular weight is 314 g/mol. The number of ether oxygens (including phenoxy) is 1. The first kappa shape index (κ1) is 14.5. The molecule has 3 aliphatic rings. The van der Waals surface area contributed by atoms with Crippen LogP contribution < -0.4 is 10.1 Å². The third kappa shape index (κ3) is 2.69. The SMILES string of the molecule is O=C1CCC(C(=O)N2CCC3(CCc4ccccc4O3)CC2)N1. The second kappa shape index (κ2) is 5.55. The first-order valence-electron chi connectivity index (χ1n) is 8.50. The Morgan fingerprint density at radius 2 is 1.96 bits per heavy atom. The number of benzene rings is 1. The molecule has 1 spiro atoms. The lowest BCUT2D eigenvalue weighted by molar-refractivity contribution is -0.138. The summed E-state index contributed by atoms with van der Waals surface area (Å²) in [5.41, 5.74) is 1.16. The number of amides is 2. The van der Waals surface area contributed by atoms with Crippen molar-refractivity contribution in [2.45, 2.75) is 50.2 Å². The van der Waals surface area contributed by atoms with Crippen LogP contribution in [0.3, 0.4) is 0 Å². The molecule has 1 aromatic carbocycles. The minimum absolute atomic E-state index is 0.0101. The number of hydrogen-bond acceptors (Lipinski definition) is 3. The van der Waals surface area contributed by atoms with Gasteiger partial charge in [-0.25, -0.2) is 0 Å². The molecule has 5 heteroatoms. The van der Waals surface area contributed by atoms with E-state index in [1.807, 2.05) is 17.0 Å². The lowest BCUT2D eigenvalue weighted by atomic mass is 9.83. The van der Waals surface area contributed by atoms with Gasteiger partial charge >= 0.3 is 0 Å². The number of rotatable bonds is 1. The minimum Gasteiger partial charge on any atom is -0.487 e. The maximum atomic E-state index is 12.5. The van der Waals surface area contributed by atoms with Gasteiger partial charge < -0.3 is 15.0 Å². The summed E-state index contributed by atoms with van der Waals surface area (Å²) in [6.07, 6.45) is 4.90. The van der Waals surface area contributed by atoms with Gasteiger partial charge in [0.15, 0.2) is 0 Å². The molecule has 0 bridgehead atoms. The van der Waals surface area contributed by atoms with Gasteiger partial charge in [-0.15, -0.1) is 0 Å². The molecule has 0 aliphatic carbocycles. The molecule has 5 nitrogen and oxygen atoms in total. The van der Waals surface area contributed by atoms with Crippen LogP contribution in [0.2, 0.25) is 0 Å². The number of piperidine rings is 1. The van der Waals surface area contributed by atoms with Gasteiger partial charge in [0.1, 0.15) is 17.4 Å². The molecule has 122 valence electrons. The topological polar surface area (TPSA) is 58.6 Å². The smallest absolute Gasteiger partial charge is 0.245 e. The van der Waals surface area contributed by atoms with Crippen molar-refractivity contribution >= 4 is 11.8 Å². The highest BCUT2D eigenvalue weighted by Crippen LogP contribution is 2.39. The Morgan fingerprint density at radius 3 is 2.70 bits per heavy atom. The summed E-state index contributed by atoms with van der Waals surface area (Å²) in [6.45, 7) is 1.43. The van der Waals surface area contributed by atoms with Crippen LogP contribution in [0.1, 0.15) is 37.7 Å². The van der Waals surface area contributed by atoms with E-state index in [1.165, 1.54) is 5.56 Å². The Kier molecular flexibility index (Phi) is 3.51. The normalized spacial score (nSPS) is 25.7. The van der Waals surface area contributed by atoms with E-state index >= 15 is 0 Å². The molecule has 1 aromatic rings. The number of carbonyl (C=O) groups is 2. The minimum atomic E-state index is -0.315.